The van der Waals surface area contributed by atoms with Crippen LogP contribution < -0.4 is 0 Å². The van der Waals surface area contributed by atoms with Gasteiger partial charge in [0.2, 0.25) is 0 Å². The highest BCUT2D eigenvalue weighted by atomic mass is 16.7. The van der Waals surface area contributed by atoms with Gasteiger partial charge in [0, 0.05) is 0 Å². The van der Waals surface area contributed by atoms with Crippen molar-refractivity contribution in [3.63, 3.8) is 0 Å². The molecule has 0 aliphatic carbocycles. The molecule has 19 heavy (non-hydrogen) atoms. The number of hydrogen-bond donors (Lipinski definition) is 0. The molecule has 3 heteroatoms. The molecule has 1 fully saturated rings. The third kappa shape index (κ3) is 3.73. The van der Waals surface area contributed by atoms with Crippen molar-refractivity contribution in [3.05, 3.63) is 23.7 Å². The standard InChI is InChI=1S/C16H29BO2/c1-9-14(11-10-13(4)12(2)3)17-18-15(5,6)16(7,8)19-17/h9-13H,1-8H3/b11-10-,14-9+/t13-/m0/s1. The van der Waals surface area contributed by atoms with E-state index in [9.17, 15) is 0 Å². The molecule has 1 aliphatic heterocycles. The third-order valence-corrected chi connectivity index (χ3v) is 4.50. The van der Waals surface area contributed by atoms with Gasteiger partial charge in [0.1, 0.15) is 0 Å². The lowest BCUT2D eigenvalue weighted by atomic mass is 9.77. The largest absolute Gasteiger partial charge is 0.494 e. The van der Waals surface area contributed by atoms with Crippen LogP contribution in [0.3, 0.4) is 0 Å². The second-order valence-electron chi connectivity index (χ2n) is 6.84. The van der Waals surface area contributed by atoms with Gasteiger partial charge >= 0.3 is 7.12 Å². The van der Waals surface area contributed by atoms with Crippen molar-refractivity contribution in [2.45, 2.75) is 66.6 Å². The van der Waals surface area contributed by atoms with Gasteiger partial charge < -0.3 is 9.31 Å². The summed E-state index contributed by atoms with van der Waals surface area (Å²) in [6.07, 6.45) is 6.46. The maximum absolute atomic E-state index is 6.07. The van der Waals surface area contributed by atoms with Crippen molar-refractivity contribution in [2.24, 2.45) is 11.8 Å². The predicted molar refractivity (Wildman–Crippen MR) is 83.0 cm³/mol. The van der Waals surface area contributed by atoms with Crippen LogP contribution >= 0.6 is 0 Å². The fourth-order valence-electron chi connectivity index (χ4n) is 1.78. The zero-order chi connectivity index (χ0) is 14.8. The molecule has 0 aromatic carbocycles. The Morgan fingerprint density at radius 3 is 1.84 bits per heavy atom. The number of allylic oxidation sites excluding steroid dienone is 4. The van der Waals surface area contributed by atoms with Crippen LogP contribution in [0.5, 0.6) is 0 Å². The molecule has 108 valence electrons. The predicted octanol–water partition coefficient (Wildman–Crippen LogP) is 4.41. The zero-order valence-corrected chi connectivity index (χ0v) is 13.8. The van der Waals surface area contributed by atoms with Crippen LogP contribution in [0.25, 0.3) is 0 Å². The Morgan fingerprint density at radius 1 is 1.00 bits per heavy atom. The summed E-state index contributed by atoms with van der Waals surface area (Å²) in [5, 5.41) is 0. The van der Waals surface area contributed by atoms with Crippen LogP contribution in [0.4, 0.5) is 0 Å². The van der Waals surface area contributed by atoms with E-state index in [2.05, 4.69) is 66.7 Å². The minimum atomic E-state index is -0.274. The van der Waals surface area contributed by atoms with Crippen LogP contribution in [0.2, 0.25) is 0 Å². The summed E-state index contributed by atoms with van der Waals surface area (Å²) in [5.74, 6) is 1.20. The monoisotopic (exact) mass is 264 g/mol. The third-order valence-electron chi connectivity index (χ3n) is 4.50. The Bertz CT molecular complexity index is 351. The second-order valence-corrected chi connectivity index (χ2v) is 6.84. The van der Waals surface area contributed by atoms with Gasteiger partial charge in [0.15, 0.2) is 0 Å². The van der Waals surface area contributed by atoms with Gasteiger partial charge in [-0.1, -0.05) is 39.0 Å². The quantitative estimate of drug-likeness (QED) is 0.553. The lowest BCUT2D eigenvalue weighted by Gasteiger charge is -2.32. The molecule has 0 N–H and O–H groups in total. The van der Waals surface area contributed by atoms with Crippen LogP contribution in [0.15, 0.2) is 23.7 Å². The van der Waals surface area contributed by atoms with Crippen molar-refractivity contribution < 1.29 is 9.31 Å². The minimum absolute atomic E-state index is 0.259. The van der Waals surface area contributed by atoms with E-state index in [1.165, 1.54) is 0 Å². The average Bonchev–Trinajstić information content (AvgIpc) is 2.48. The molecule has 2 nitrogen and oxygen atoms in total. The van der Waals surface area contributed by atoms with Crippen molar-refractivity contribution in [2.75, 3.05) is 0 Å². The normalized spacial score (nSPS) is 24.5. The van der Waals surface area contributed by atoms with E-state index in [4.69, 9.17) is 9.31 Å². The van der Waals surface area contributed by atoms with E-state index in [0.717, 1.165) is 5.47 Å². The lowest BCUT2D eigenvalue weighted by Crippen LogP contribution is -2.41. The fraction of sp³-hybridized carbons (Fsp3) is 0.750. The summed E-state index contributed by atoms with van der Waals surface area (Å²) < 4.78 is 12.1. The molecular formula is C16H29BO2. The first-order valence-electron chi connectivity index (χ1n) is 7.31. The van der Waals surface area contributed by atoms with Gasteiger partial charge in [-0.2, -0.15) is 0 Å². The van der Waals surface area contributed by atoms with E-state index in [0.29, 0.717) is 11.8 Å². The SMILES string of the molecule is C/C=C(\C=C/[C@H](C)C(C)C)B1OC(C)(C)C(C)(C)O1. The molecule has 1 aliphatic rings. The summed E-state index contributed by atoms with van der Waals surface area (Å²) in [4.78, 5) is 0. The van der Waals surface area contributed by atoms with Gasteiger partial charge in [-0.05, 0) is 51.9 Å². The summed E-state index contributed by atoms with van der Waals surface area (Å²) in [6, 6.07) is 0. The van der Waals surface area contributed by atoms with Gasteiger partial charge in [0.25, 0.3) is 0 Å². The molecule has 0 bridgehead atoms. The lowest BCUT2D eigenvalue weighted by molar-refractivity contribution is 0.00578. The smallest absolute Gasteiger partial charge is 0.399 e. The highest BCUT2D eigenvalue weighted by molar-refractivity contribution is 6.55. The topological polar surface area (TPSA) is 18.5 Å². The van der Waals surface area contributed by atoms with Crippen molar-refractivity contribution in [3.8, 4) is 0 Å². The fourth-order valence-corrected chi connectivity index (χ4v) is 1.78. The van der Waals surface area contributed by atoms with Crippen LogP contribution in [0.1, 0.15) is 55.4 Å². The van der Waals surface area contributed by atoms with E-state index < -0.39 is 0 Å². The van der Waals surface area contributed by atoms with Gasteiger partial charge in [-0.3, -0.25) is 0 Å². The molecular weight excluding hydrogens is 235 g/mol. The van der Waals surface area contributed by atoms with Crippen molar-refractivity contribution >= 4 is 7.12 Å². The average molecular weight is 264 g/mol. The molecule has 1 saturated heterocycles. The molecule has 0 aromatic heterocycles. The first-order valence-corrected chi connectivity index (χ1v) is 7.31. The Labute approximate surface area is 119 Å². The van der Waals surface area contributed by atoms with Gasteiger partial charge in [0.05, 0.1) is 11.2 Å². The number of rotatable bonds is 4. The maximum atomic E-state index is 6.07. The molecule has 1 atom stereocenters. The van der Waals surface area contributed by atoms with E-state index in [1.807, 2.05) is 6.92 Å². The van der Waals surface area contributed by atoms with Gasteiger partial charge in [-0.15, -0.1) is 0 Å². The molecule has 0 unspecified atom stereocenters. The highest BCUT2D eigenvalue weighted by Crippen LogP contribution is 2.38. The second kappa shape index (κ2) is 5.84. The molecule has 0 saturated carbocycles. The number of hydrogen-bond acceptors (Lipinski definition) is 2. The molecule has 0 spiro atoms. The van der Waals surface area contributed by atoms with E-state index in [-0.39, 0.29) is 18.3 Å². The molecule has 0 aromatic rings. The van der Waals surface area contributed by atoms with Crippen LogP contribution in [-0.2, 0) is 9.31 Å². The van der Waals surface area contributed by atoms with E-state index in [1.54, 1.807) is 0 Å². The Kier molecular flexibility index (Phi) is 5.08. The van der Waals surface area contributed by atoms with Crippen molar-refractivity contribution in [1.82, 2.24) is 0 Å². The van der Waals surface area contributed by atoms with Crippen molar-refractivity contribution in [1.29, 1.82) is 0 Å². The van der Waals surface area contributed by atoms with Gasteiger partial charge in [-0.25, -0.2) is 0 Å². The Balaban J connectivity index is 2.80. The zero-order valence-electron chi connectivity index (χ0n) is 13.8. The molecule has 1 heterocycles. The Morgan fingerprint density at radius 2 is 1.47 bits per heavy atom. The molecule has 0 amide bonds. The summed E-state index contributed by atoms with van der Waals surface area (Å²) in [7, 11) is -0.259. The van der Waals surface area contributed by atoms with Crippen LogP contribution in [-0.4, -0.2) is 18.3 Å². The highest BCUT2D eigenvalue weighted by Gasteiger charge is 2.51. The molecule has 1 rings (SSSR count). The summed E-state index contributed by atoms with van der Waals surface area (Å²) in [5.41, 5.74) is 0.554. The minimum Gasteiger partial charge on any atom is -0.399 e. The Hall–Kier alpha value is -0.535. The van der Waals surface area contributed by atoms with Crippen LogP contribution in [0, 0.1) is 11.8 Å². The summed E-state index contributed by atoms with van der Waals surface area (Å²) in [6.45, 7) is 17.1. The maximum Gasteiger partial charge on any atom is 0.494 e. The van der Waals surface area contributed by atoms with E-state index >= 15 is 0 Å². The summed E-state index contributed by atoms with van der Waals surface area (Å²) >= 11 is 0. The molecule has 0 radical (unpaired) electrons. The first-order chi connectivity index (χ1) is 8.60. The first kappa shape index (κ1) is 16.5.